The standard InChI is InChI=1S/C34H26/c1-4-12-27(13-5-1)20-23-31-26-30-18-10-11-19-32(30)34(25-22-29-16-8-3-9-17-29)33(31)24-21-28-14-6-2-7-15-28/h1-26H/b23-20+,24-21+,25-22+. The topological polar surface area (TPSA) is 0 Å². The van der Waals surface area contributed by atoms with E-state index in [0.717, 1.165) is 0 Å². The minimum atomic E-state index is 1.19. The zero-order valence-corrected chi connectivity index (χ0v) is 19.0. The predicted molar refractivity (Wildman–Crippen MR) is 150 cm³/mol. The van der Waals surface area contributed by atoms with Crippen LogP contribution in [-0.2, 0) is 0 Å². The molecule has 0 nitrogen and oxygen atoms in total. The molecule has 0 radical (unpaired) electrons. The summed E-state index contributed by atoms with van der Waals surface area (Å²) in [4.78, 5) is 0. The maximum absolute atomic E-state index is 2.29. The lowest BCUT2D eigenvalue weighted by atomic mass is 9.92. The highest BCUT2D eigenvalue weighted by Crippen LogP contribution is 2.31. The predicted octanol–water partition coefficient (Wildman–Crippen LogP) is 9.35. The molecular weight excluding hydrogens is 408 g/mol. The molecule has 0 amide bonds. The van der Waals surface area contributed by atoms with Crippen molar-refractivity contribution in [3.05, 3.63) is 155 Å². The van der Waals surface area contributed by atoms with Crippen molar-refractivity contribution in [3.8, 4) is 0 Å². The van der Waals surface area contributed by atoms with Crippen LogP contribution in [0, 0.1) is 0 Å². The molecule has 0 aliphatic carbocycles. The fourth-order valence-corrected chi connectivity index (χ4v) is 4.16. The second-order valence-corrected chi connectivity index (χ2v) is 8.25. The Hall–Kier alpha value is -4.42. The number of benzene rings is 5. The van der Waals surface area contributed by atoms with E-state index in [1.807, 2.05) is 6.07 Å². The smallest absolute Gasteiger partial charge is 0.00992 e. The Balaban J connectivity index is 1.69. The van der Waals surface area contributed by atoms with E-state index in [9.17, 15) is 0 Å². The van der Waals surface area contributed by atoms with E-state index >= 15 is 0 Å². The molecule has 0 heteroatoms. The first-order chi connectivity index (χ1) is 16.9. The monoisotopic (exact) mass is 434 g/mol. The Kier molecular flexibility index (Phi) is 6.59. The second kappa shape index (κ2) is 10.5. The minimum absolute atomic E-state index is 1.19. The molecule has 0 saturated heterocycles. The van der Waals surface area contributed by atoms with Gasteiger partial charge in [-0.05, 0) is 50.2 Å². The lowest BCUT2D eigenvalue weighted by Gasteiger charge is -2.12. The fraction of sp³-hybridized carbons (Fsp3) is 0. The third-order valence-electron chi connectivity index (χ3n) is 5.90. The maximum Gasteiger partial charge on any atom is -0.00992 e. The maximum atomic E-state index is 2.29. The minimum Gasteiger partial charge on any atom is -0.0622 e. The Morgan fingerprint density at radius 1 is 0.353 bits per heavy atom. The van der Waals surface area contributed by atoms with Gasteiger partial charge in [-0.15, -0.1) is 0 Å². The van der Waals surface area contributed by atoms with Crippen LogP contribution in [0.15, 0.2) is 121 Å². The van der Waals surface area contributed by atoms with E-state index in [2.05, 4.69) is 152 Å². The molecule has 5 rings (SSSR count). The SMILES string of the molecule is C(=C\c1cc2ccccc2c(/C=C/c2ccccc2)c1/C=C/c1ccccc1)/c1ccccc1. The van der Waals surface area contributed by atoms with Crippen LogP contribution in [0.2, 0.25) is 0 Å². The van der Waals surface area contributed by atoms with Gasteiger partial charge in [-0.1, -0.05) is 152 Å². The first-order valence-corrected chi connectivity index (χ1v) is 11.6. The molecule has 0 heterocycles. The molecule has 162 valence electrons. The highest BCUT2D eigenvalue weighted by Gasteiger charge is 2.08. The van der Waals surface area contributed by atoms with Crippen LogP contribution in [0.1, 0.15) is 33.4 Å². The summed E-state index contributed by atoms with van der Waals surface area (Å²) in [5.41, 5.74) is 7.20. The summed E-state index contributed by atoms with van der Waals surface area (Å²) < 4.78 is 0. The van der Waals surface area contributed by atoms with Gasteiger partial charge in [0.25, 0.3) is 0 Å². The van der Waals surface area contributed by atoms with E-state index in [-0.39, 0.29) is 0 Å². The van der Waals surface area contributed by atoms with Gasteiger partial charge >= 0.3 is 0 Å². The highest BCUT2D eigenvalue weighted by atomic mass is 14.1. The third kappa shape index (κ3) is 5.14. The summed E-state index contributed by atoms with van der Waals surface area (Å²) in [7, 11) is 0. The summed E-state index contributed by atoms with van der Waals surface area (Å²) in [6.45, 7) is 0. The van der Waals surface area contributed by atoms with Crippen molar-refractivity contribution < 1.29 is 0 Å². The summed E-state index contributed by atoms with van der Waals surface area (Å²) in [6, 6.07) is 42.3. The van der Waals surface area contributed by atoms with Crippen molar-refractivity contribution in [2.75, 3.05) is 0 Å². The van der Waals surface area contributed by atoms with Crippen LogP contribution in [0.5, 0.6) is 0 Å². The molecule has 0 aliphatic heterocycles. The van der Waals surface area contributed by atoms with Crippen LogP contribution >= 0.6 is 0 Å². The summed E-state index contributed by atoms with van der Waals surface area (Å²) in [6.07, 6.45) is 13.3. The molecule has 0 N–H and O–H groups in total. The van der Waals surface area contributed by atoms with Crippen LogP contribution in [0.3, 0.4) is 0 Å². The van der Waals surface area contributed by atoms with Gasteiger partial charge in [0.15, 0.2) is 0 Å². The number of hydrogen-bond acceptors (Lipinski definition) is 0. The molecule has 0 aliphatic rings. The molecule has 0 bridgehead atoms. The Morgan fingerprint density at radius 2 is 0.794 bits per heavy atom. The zero-order valence-electron chi connectivity index (χ0n) is 19.0. The number of hydrogen-bond donors (Lipinski definition) is 0. The van der Waals surface area contributed by atoms with Crippen molar-refractivity contribution >= 4 is 47.2 Å². The van der Waals surface area contributed by atoms with E-state index in [4.69, 9.17) is 0 Å². The quantitative estimate of drug-likeness (QED) is 0.234. The van der Waals surface area contributed by atoms with Gasteiger partial charge in [-0.2, -0.15) is 0 Å². The van der Waals surface area contributed by atoms with E-state index in [0.29, 0.717) is 0 Å². The van der Waals surface area contributed by atoms with Crippen LogP contribution < -0.4 is 0 Å². The number of rotatable bonds is 6. The van der Waals surface area contributed by atoms with E-state index in [1.165, 1.54) is 44.2 Å². The highest BCUT2D eigenvalue weighted by molar-refractivity contribution is 6.00. The average molecular weight is 435 g/mol. The average Bonchev–Trinajstić information content (AvgIpc) is 2.91. The normalized spacial score (nSPS) is 11.8. The molecule has 5 aromatic rings. The second-order valence-electron chi connectivity index (χ2n) is 8.25. The first-order valence-electron chi connectivity index (χ1n) is 11.6. The largest absolute Gasteiger partial charge is 0.0622 e. The van der Waals surface area contributed by atoms with Crippen LogP contribution in [-0.4, -0.2) is 0 Å². The summed E-state index contributed by atoms with van der Waals surface area (Å²) in [5.74, 6) is 0. The lowest BCUT2D eigenvalue weighted by molar-refractivity contribution is 1.61. The van der Waals surface area contributed by atoms with Crippen LogP contribution in [0.25, 0.3) is 47.2 Å². The van der Waals surface area contributed by atoms with E-state index in [1.54, 1.807) is 0 Å². The third-order valence-corrected chi connectivity index (χ3v) is 5.90. The Bertz CT molecular complexity index is 1450. The summed E-state index contributed by atoms with van der Waals surface area (Å²) in [5, 5.41) is 2.49. The Labute approximate surface area is 201 Å². The van der Waals surface area contributed by atoms with Crippen molar-refractivity contribution in [2.45, 2.75) is 0 Å². The van der Waals surface area contributed by atoms with Crippen molar-refractivity contribution in [1.29, 1.82) is 0 Å². The van der Waals surface area contributed by atoms with Crippen LogP contribution in [0.4, 0.5) is 0 Å². The lowest BCUT2D eigenvalue weighted by Crippen LogP contribution is -1.90. The zero-order chi connectivity index (χ0) is 23.0. The van der Waals surface area contributed by atoms with E-state index < -0.39 is 0 Å². The van der Waals surface area contributed by atoms with Crippen molar-refractivity contribution in [3.63, 3.8) is 0 Å². The molecule has 34 heavy (non-hydrogen) atoms. The Morgan fingerprint density at radius 3 is 1.35 bits per heavy atom. The molecule has 5 aromatic carbocycles. The molecular formula is C34H26. The van der Waals surface area contributed by atoms with Gasteiger partial charge < -0.3 is 0 Å². The molecule has 0 fully saturated rings. The molecule has 0 saturated carbocycles. The van der Waals surface area contributed by atoms with Crippen molar-refractivity contribution in [1.82, 2.24) is 0 Å². The van der Waals surface area contributed by atoms with Gasteiger partial charge in [0.1, 0.15) is 0 Å². The molecule has 0 spiro atoms. The number of fused-ring (bicyclic) bond motifs is 1. The van der Waals surface area contributed by atoms with Gasteiger partial charge in [0.2, 0.25) is 0 Å². The van der Waals surface area contributed by atoms with Gasteiger partial charge in [0.05, 0.1) is 0 Å². The van der Waals surface area contributed by atoms with Crippen molar-refractivity contribution in [2.24, 2.45) is 0 Å². The van der Waals surface area contributed by atoms with Gasteiger partial charge in [-0.3, -0.25) is 0 Å². The first kappa shape index (κ1) is 21.4. The molecule has 0 unspecified atom stereocenters. The molecule has 0 atom stereocenters. The fourth-order valence-electron chi connectivity index (χ4n) is 4.16. The van der Waals surface area contributed by atoms with Gasteiger partial charge in [-0.25, -0.2) is 0 Å². The molecule has 0 aromatic heterocycles. The van der Waals surface area contributed by atoms with Gasteiger partial charge in [0, 0.05) is 0 Å². The summed E-state index contributed by atoms with van der Waals surface area (Å²) >= 11 is 0.